The monoisotopic (exact) mass is 354 g/mol. The van der Waals surface area contributed by atoms with E-state index in [1.807, 2.05) is 12.1 Å². The molecule has 0 saturated heterocycles. The Morgan fingerprint density at radius 3 is 2.78 bits per heavy atom. The molecule has 0 atom stereocenters. The van der Waals surface area contributed by atoms with Crippen molar-refractivity contribution in [3.05, 3.63) is 89.2 Å². The number of nitriles is 1. The van der Waals surface area contributed by atoms with Gasteiger partial charge in [-0.2, -0.15) is 5.26 Å². The highest BCUT2D eigenvalue weighted by molar-refractivity contribution is 6.03. The van der Waals surface area contributed by atoms with Crippen molar-refractivity contribution >= 4 is 17.3 Å². The summed E-state index contributed by atoms with van der Waals surface area (Å²) in [5, 5.41) is 11.8. The molecule has 0 aliphatic carbocycles. The van der Waals surface area contributed by atoms with Crippen LogP contribution in [0.3, 0.4) is 0 Å². The van der Waals surface area contributed by atoms with Crippen LogP contribution in [0.1, 0.15) is 27.2 Å². The number of hydrogen-bond acceptors (Lipinski definition) is 4. The molecule has 1 amide bonds. The normalized spacial score (nSPS) is 12.8. The van der Waals surface area contributed by atoms with Gasteiger partial charge in [-0.15, -0.1) is 0 Å². The van der Waals surface area contributed by atoms with Crippen LogP contribution in [0.15, 0.2) is 66.9 Å². The minimum absolute atomic E-state index is 0.288. The predicted molar refractivity (Wildman–Crippen MR) is 105 cm³/mol. The molecule has 5 nitrogen and oxygen atoms in total. The second-order valence-electron chi connectivity index (χ2n) is 6.49. The molecule has 0 radical (unpaired) electrons. The van der Waals surface area contributed by atoms with Gasteiger partial charge in [0.2, 0.25) is 0 Å². The van der Waals surface area contributed by atoms with Gasteiger partial charge in [-0.05, 0) is 47.9 Å². The molecule has 2 heterocycles. The Balaban J connectivity index is 1.52. The zero-order valence-electron chi connectivity index (χ0n) is 14.7. The first kappa shape index (κ1) is 16.8. The van der Waals surface area contributed by atoms with Crippen molar-refractivity contribution in [3.8, 4) is 6.07 Å². The first-order valence-corrected chi connectivity index (χ1v) is 8.82. The van der Waals surface area contributed by atoms with Crippen LogP contribution < -0.4 is 10.2 Å². The molecule has 5 heteroatoms. The molecule has 1 aliphatic rings. The number of nitrogens with one attached hydrogen (secondary N) is 1. The van der Waals surface area contributed by atoms with Crippen molar-refractivity contribution in [3.63, 3.8) is 0 Å². The highest BCUT2D eigenvalue weighted by Crippen LogP contribution is 2.24. The molecule has 0 spiro atoms. The summed E-state index contributed by atoms with van der Waals surface area (Å²) in [6.07, 6.45) is 2.65. The van der Waals surface area contributed by atoms with Gasteiger partial charge in [0, 0.05) is 30.7 Å². The van der Waals surface area contributed by atoms with Crippen LogP contribution in [0.5, 0.6) is 0 Å². The average molecular weight is 354 g/mol. The number of fused-ring (bicyclic) bond motifs is 1. The minimum Gasteiger partial charge on any atom is -0.367 e. The first-order valence-electron chi connectivity index (χ1n) is 8.82. The van der Waals surface area contributed by atoms with Crippen molar-refractivity contribution in [2.24, 2.45) is 0 Å². The lowest BCUT2D eigenvalue weighted by Crippen LogP contribution is -2.30. The van der Waals surface area contributed by atoms with Crippen LogP contribution in [0.4, 0.5) is 11.4 Å². The molecule has 0 saturated carbocycles. The molecule has 4 rings (SSSR count). The number of rotatable bonds is 3. The van der Waals surface area contributed by atoms with Crippen molar-refractivity contribution in [1.82, 2.24) is 4.98 Å². The Morgan fingerprint density at radius 1 is 1.07 bits per heavy atom. The highest BCUT2D eigenvalue weighted by atomic mass is 16.1. The standard InChI is InChI=1S/C22H18N4O/c23-14-16-4-3-7-19(12-16)25-22(27)21-13-20(8-10-24-21)26-11-9-17-5-1-2-6-18(17)15-26/h1-8,10,12-13H,9,11,15H2,(H,25,27). The number of hydrogen-bond donors (Lipinski definition) is 1. The van der Waals surface area contributed by atoms with Crippen LogP contribution in [-0.4, -0.2) is 17.4 Å². The number of aromatic nitrogens is 1. The maximum Gasteiger partial charge on any atom is 0.274 e. The van der Waals surface area contributed by atoms with Crippen molar-refractivity contribution in [2.75, 3.05) is 16.8 Å². The zero-order valence-corrected chi connectivity index (χ0v) is 14.7. The van der Waals surface area contributed by atoms with Gasteiger partial charge in [0.1, 0.15) is 5.69 Å². The van der Waals surface area contributed by atoms with Gasteiger partial charge in [-0.3, -0.25) is 9.78 Å². The van der Waals surface area contributed by atoms with E-state index in [2.05, 4.69) is 45.5 Å². The largest absolute Gasteiger partial charge is 0.367 e. The van der Waals surface area contributed by atoms with Crippen molar-refractivity contribution in [1.29, 1.82) is 5.26 Å². The summed E-state index contributed by atoms with van der Waals surface area (Å²) in [4.78, 5) is 19.0. The Kier molecular flexibility index (Phi) is 4.54. The molecule has 1 aromatic heterocycles. The minimum atomic E-state index is -0.288. The number of amides is 1. The number of pyridine rings is 1. The number of anilines is 2. The number of carbonyl (C=O) groups excluding carboxylic acids is 1. The molecule has 1 aliphatic heterocycles. The topological polar surface area (TPSA) is 69.0 Å². The van der Waals surface area contributed by atoms with E-state index < -0.39 is 0 Å². The van der Waals surface area contributed by atoms with E-state index >= 15 is 0 Å². The summed E-state index contributed by atoms with van der Waals surface area (Å²) in [5.41, 5.74) is 5.13. The lowest BCUT2D eigenvalue weighted by molar-refractivity contribution is 0.102. The molecule has 3 aromatic rings. The van der Waals surface area contributed by atoms with Crippen LogP contribution >= 0.6 is 0 Å². The van der Waals surface area contributed by atoms with E-state index in [4.69, 9.17) is 5.26 Å². The van der Waals surface area contributed by atoms with Gasteiger partial charge >= 0.3 is 0 Å². The van der Waals surface area contributed by atoms with Crippen LogP contribution in [0.2, 0.25) is 0 Å². The summed E-state index contributed by atoms with van der Waals surface area (Å²) < 4.78 is 0. The van der Waals surface area contributed by atoms with Gasteiger partial charge in [-0.1, -0.05) is 30.3 Å². The fourth-order valence-corrected chi connectivity index (χ4v) is 3.32. The van der Waals surface area contributed by atoms with Crippen molar-refractivity contribution < 1.29 is 4.79 Å². The van der Waals surface area contributed by atoms with Gasteiger partial charge in [0.15, 0.2) is 0 Å². The van der Waals surface area contributed by atoms with E-state index in [1.54, 1.807) is 30.5 Å². The molecule has 2 aromatic carbocycles. The molecular weight excluding hydrogens is 336 g/mol. The molecule has 27 heavy (non-hydrogen) atoms. The smallest absolute Gasteiger partial charge is 0.274 e. The SMILES string of the molecule is N#Cc1cccc(NC(=O)c2cc(N3CCc4ccccc4C3)ccn2)c1. The maximum absolute atomic E-state index is 12.6. The molecule has 132 valence electrons. The Morgan fingerprint density at radius 2 is 1.93 bits per heavy atom. The molecule has 0 fully saturated rings. The lowest BCUT2D eigenvalue weighted by atomic mass is 9.99. The van der Waals surface area contributed by atoms with Gasteiger partial charge in [0.25, 0.3) is 5.91 Å². The summed E-state index contributed by atoms with van der Waals surface area (Å²) in [5.74, 6) is -0.288. The molecule has 0 unspecified atom stereocenters. The fourth-order valence-electron chi connectivity index (χ4n) is 3.32. The lowest BCUT2D eigenvalue weighted by Gasteiger charge is -2.30. The van der Waals surface area contributed by atoms with Crippen LogP contribution in [0, 0.1) is 11.3 Å². The third-order valence-electron chi connectivity index (χ3n) is 4.72. The van der Waals surface area contributed by atoms with Crippen LogP contribution in [-0.2, 0) is 13.0 Å². The highest BCUT2D eigenvalue weighted by Gasteiger charge is 2.17. The number of benzene rings is 2. The fraction of sp³-hybridized carbons (Fsp3) is 0.136. The summed E-state index contributed by atoms with van der Waals surface area (Å²) >= 11 is 0. The molecular formula is C22H18N4O. The van der Waals surface area contributed by atoms with E-state index in [0.717, 1.165) is 25.2 Å². The molecule has 0 bridgehead atoms. The van der Waals surface area contributed by atoms with Gasteiger partial charge in [-0.25, -0.2) is 0 Å². The quantitative estimate of drug-likeness (QED) is 0.777. The third kappa shape index (κ3) is 3.65. The van der Waals surface area contributed by atoms with Gasteiger partial charge in [0.05, 0.1) is 11.6 Å². The predicted octanol–water partition coefficient (Wildman–Crippen LogP) is 3.77. The van der Waals surface area contributed by atoms with Crippen LogP contribution in [0.25, 0.3) is 0 Å². The van der Waals surface area contributed by atoms with E-state index in [1.165, 1.54) is 11.1 Å². The maximum atomic E-state index is 12.6. The van der Waals surface area contributed by atoms with E-state index in [-0.39, 0.29) is 5.91 Å². The zero-order chi connectivity index (χ0) is 18.6. The summed E-state index contributed by atoms with van der Waals surface area (Å²) in [6, 6.07) is 21.1. The second kappa shape index (κ2) is 7.30. The molecule has 1 N–H and O–H groups in total. The second-order valence-corrected chi connectivity index (χ2v) is 6.49. The summed E-state index contributed by atoms with van der Waals surface area (Å²) in [7, 11) is 0. The Bertz CT molecular complexity index is 1040. The Labute approximate surface area is 157 Å². The van der Waals surface area contributed by atoms with Crippen molar-refractivity contribution in [2.45, 2.75) is 13.0 Å². The van der Waals surface area contributed by atoms with E-state index in [0.29, 0.717) is 16.9 Å². The van der Waals surface area contributed by atoms with E-state index in [9.17, 15) is 4.79 Å². The number of nitrogens with zero attached hydrogens (tertiary/aromatic N) is 3. The summed E-state index contributed by atoms with van der Waals surface area (Å²) in [6.45, 7) is 1.73. The Hall–Kier alpha value is -3.65. The number of carbonyl (C=O) groups is 1. The first-order chi connectivity index (χ1) is 13.2. The third-order valence-corrected chi connectivity index (χ3v) is 4.72. The average Bonchev–Trinajstić information content (AvgIpc) is 2.73. The van der Waals surface area contributed by atoms with Gasteiger partial charge < -0.3 is 10.2 Å².